The summed E-state index contributed by atoms with van der Waals surface area (Å²) in [5.74, 6) is -4.87. The fraction of sp³-hybridized carbons (Fsp3) is 0.516. The van der Waals surface area contributed by atoms with Crippen molar-refractivity contribution in [1.82, 2.24) is 15.1 Å². The Labute approximate surface area is 280 Å². The number of halogens is 1. The summed E-state index contributed by atoms with van der Waals surface area (Å²) < 4.78 is 22.3. The summed E-state index contributed by atoms with van der Waals surface area (Å²) in [6.45, 7) is 8.70. The highest BCUT2D eigenvalue weighted by Crippen LogP contribution is 2.40. The Bertz CT molecular complexity index is 1490. The van der Waals surface area contributed by atoms with Crippen LogP contribution in [-0.2, 0) is 36.0 Å². The lowest BCUT2D eigenvalue weighted by molar-refractivity contribution is -0.322. The molecule has 0 spiro atoms. The van der Waals surface area contributed by atoms with Crippen LogP contribution >= 0.6 is 0 Å². The lowest BCUT2D eigenvalue weighted by Crippen LogP contribution is -2.65. The number of likely N-dealkylation sites (N-methyl/N-ethyl adjacent to an activating group) is 1. The van der Waals surface area contributed by atoms with Crippen molar-refractivity contribution in [3.63, 3.8) is 0 Å². The van der Waals surface area contributed by atoms with Gasteiger partial charge < -0.3 is 40.4 Å². The lowest BCUT2D eigenvalue weighted by atomic mass is 9.57. The van der Waals surface area contributed by atoms with Crippen LogP contribution in [0.5, 0.6) is 0 Å². The fourth-order valence-electron chi connectivity index (χ4n) is 6.28. The summed E-state index contributed by atoms with van der Waals surface area (Å²) in [5, 5.41) is 37.2. The van der Waals surface area contributed by atoms with Gasteiger partial charge in [0.15, 0.2) is 7.85 Å². The zero-order chi connectivity index (χ0) is 35.8. The summed E-state index contributed by atoms with van der Waals surface area (Å²) in [5.41, 5.74) is -7.70. The van der Waals surface area contributed by atoms with Crippen molar-refractivity contribution in [2.24, 2.45) is 0 Å². The molecule has 8 radical (unpaired) electrons. The Morgan fingerprint density at radius 3 is 2.11 bits per heavy atom. The number of anilines is 1. The lowest BCUT2D eigenvalue weighted by Gasteiger charge is -2.50. The van der Waals surface area contributed by atoms with Gasteiger partial charge in [0.05, 0.1) is 37.9 Å². The molecule has 2 atom stereocenters. The molecule has 0 aromatic heterocycles. The number of ether oxygens (including phenoxy) is 1. The number of aliphatic hydroxyl groups is 3. The first-order valence-electron chi connectivity index (χ1n) is 14.9. The standard InChI is InChI=1S/C31H39B4FN4O7/c1-19-10-7-13-22(23(19)30(35,44)40(18-42)28(32,14-9-15-41)25(43)37-6)38-29(33,34)20-11-8-12-21(24(20)36)31(45,46)39-16-26(2,3)47-27(4,5)17-39/h7-8,10-13,15,18,38,44-46H,9,14,16-17H2,1-6H3,(H,37,43). The molecule has 2 unspecified atom stereocenters. The molecule has 1 heterocycles. The monoisotopic (exact) mass is 642 g/mol. The molecule has 1 saturated heterocycles. The predicted octanol–water partition coefficient (Wildman–Crippen LogP) is -0.00278. The number of hydrogen-bond acceptors (Lipinski definition) is 9. The smallest absolute Gasteiger partial charge is 0.256 e. The van der Waals surface area contributed by atoms with Gasteiger partial charge in [-0.1, -0.05) is 24.3 Å². The highest BCUT2D eigenvalue weighted by atomic mass is 19.1. The normalized spacial score (nSPS) is 19.1. The van der Waals surface area contributed by atoms with E-state index in [2.05, 4.69) is 10.6 Å². The zero-order valence-electron chi connectivity index (χ0n) is 27.5. The van der Waals surface area contributed by atoms with Gasteiger partial charge in [-0.05, 0) is 69.6 Å². The van der Waals surface area contributed by atoms with Gasteiger partial charge in [-0.2, -0.15) is 0 Å². The average molecular weight is 642 g/mol. The first-order chi connectivity index (χ1) is 21.5. The summed E-state index contributed by atoms with van der Waals surface area (Å²) in [6.07, 6.45) is -0.115. The van der Waals surface area contributed by atoms with E-state index in [1.807, 2.05) is 0 Å². The summed E-state index contributed by atoms with van der Waals surface area (Å²) in [7, 11) is 26.8. The van der Waals surface area contributed by atoms with E-state index >= 15 is 4.39 Å². The second-order valence-corrected chi connectivity index (χ2v) is 13.2. The predicted molar refractivity (Wildman–Crippen MR) is 177 cm³/mol. The SMILES string of the molecule is [B]C([B])(Nc1cccc(C)c1C([B])(O)N(C=O)C([B])(CCC=O)C(=O)NC)c1cccc(C(O)(O)N2CC(C)(C)OC(C)(C)C2)c1F. The number of hydrogen-bond donors (Lipinski definition) is 5. The third kappa shape index (κ3) is 7.62. The first kappa shape index (κ1) is 38.3. The van der Waals surface area contributed by atoms with Crippen LogP contribution in [0.1, 0.15) is 62.8 Å². The maximum atomic E-state index is 16.3. The van der Waals surface area contributed by atoms with Crippen LogP contribution in [0.2, 0.25) is 0 Å². The Hall–Kier alpha value is -3.16. The van der Waals surface area contributed by atoms with Gasteiger partial charge in [-0.25, -0.2) is 9.29 Å². The molecular weight excluding hydrogens is 603 g/mol. The highest BCUT2D eigenvalue weighted by molar-refractivity contribution is 6.41. The molecule has 3 rings (SSSR count). The van der Waals surface area contributed by atoms with E-state index in [4.69, 9.17) is 36.1 Å². The van der Waals surface area contributed by atoms with Crippen molar-refractivity contribution in [1.29, 1.82) is 0 Å². The van der Waals surface area contributed by atoms with Crippen molar-refractivity contribution >= 4 is 55.7 Å². The van der Waals surface area contributed by atoms with E-state index in [9.17, 15) is 29.7 Å². The Morgan fingerprint density at radius 2 is 1.57 bits per heavy atom. The van der Waals surface area contributed by atoms with E-state index in [0.717, 1.165) is 0 Å². The number of nitrogens with one attached hydrogen (secondary N) is 2. The molecule has 0 saturated carbocycles. The molecule has 1 aliphatic heterocycles. The topological polar surface area (TPSA) is 152 Å². The Morgan fingerprint density at radius 1 is 1.02 bits per heavy atom. The van der Waals surface area contributed by atoms with Crippen molar-refractivity contribution in [2.75, 3.05) is 25.5 Å². The number of nitrogens with zero attached hydrogens (tertiary/aromatic N) is 2. The second-order valence-electron chi connectivity index (χ2n) is 13.2. The van der Waals surface area contributed by atoms with E-state index in [1.165, 1.54) is 55.3 Å². The molecule has 2 amide bonds. The summed E-state index contributed by atoms with van der Waals surface area (Å²) in [4.78, 5) is 38.2. The van der Waals surface area contributed by atoms with Gasteiger partial charge in [-0.15, -0.1) is 0 Å². The van der Waals surface area contributed by atoms with Crippen LogP contribution in [0, 0.1) is 12.7 Å². The number of amides is 2. The number of benzene rings is 2. The molecule has 11 nitrogen and oxygen atoms in total. The van der Waals surface area contributed by atoms with Crippen LogP contribution in [0.25, 0.3) is 0 Å². The number of aryl methyl sites for hydroxylation is 1. The molecule has 16 heteroatoms. The molecule has 5 N–H and O–H groups in total. The first-order valence-corrected chi connectivity index (χ1v) is 14.9. The number of rotatable bonds is 13. The minimum atomic E-state index is -2.82. The van der Waals surface area contributed by atoms with Crippen molar-refractivity contribution in [3.05, 3.63) is 64.5 Å². The Balaban J connectivity index is 2.11. The Kier molecular flexibility index (Phi) is 10.9. The fourth-order valence-corrected chi connectivity index (χ4v) is 6.28. The van der Waals surface area contributed by atoms with E-state index < -0.39 is 62.8 Å². The van der Waals surface area contributed by atoms with Crippen LogP contribution in [0.3, 0.4) is 0 Å². The molecule has 0 bridgehead atoms. The zero-order valence-corrected chi connectivity index (χ0v) is 27.5. The van der Waals surface area contributed by atoms with Gasteiger partial charge in [0.25, 0.3) is 5.91 Å². The van der Waals surface area contributed by atoms with Gasteiger partial charge >= 0.3 is 0 Å². The molecule has 1 fully saturated rings. The largest absolute Gasteiger partial charge is 0.392 e. The van der Waals surface area contributed by atoms with Crippen molar-refractivity contribution in [2.45, 2.75) is 81.0 Å². The summed E-state index contributed by atoms with van der Waals surface area (Å²) in [6, 6.07) is 8.18. The molecule has 2 aromatic rings. The molecule has 2 aromatic carbocycles. The van der Waals surface area contributed by atoms with Crippen LogP contribution in [0.4, 0.5) is 10.1 Å². The minimum Gasteiger partial charge on any atom is -0.392 e. The molecule has 244 valence electrons. The average Bonchev–Trinajstić information content (AvgIpc) is 2.93. The van der Waals surface area contributed by atoms with E-state index in [-0.39, 0.29) is 42.7 Å². The third-order valence-corrected chi connectivity index (χ3v) is 8.09. The maximum absolute atomic E-state index is 16.3. The second kappa shape index (κ2) is 13.4. The van der Waals surface area contributed by atoms with Crippen molar-refractivity contribution in [3.8, 4) is 0 Å². The minimum absolute atomic E-state index is 0.0439. The van der Waals surface area contributed by atoms with Gasteiger partial charge in [0.1, 0.15) is 25.6 Å². The van der Waals surface area contributed by atoms with E-state index in [1.54, 1.807) is 27.7 Å². The summed E-state index contributed by atoms with van der Waals surface area (Å²) >= 11 is 0. The quantitative estimate of drug-likeness (QED) is 0.116. The third-order valence-electron chi connectivity index (χ3n) is 8.09. The number of carbonyl (C=O) groups is 3. The molecule has 1 aliphatic rings. The van der Waals surface area contributed by atoms with Crippen LogP contribution in [0.15, 0.2) is 36.4 Å². The van der Waals surface area contributed by atoms with Crippen LogP contribution < -0.4 is 10.6 Å². The van der Waals surface area contributed by atoms with Gasteiger partial charge in [0.2, 0.25) is 12.3 Å². The molecule has 47 heavy (non-hydrogen) atoms. The maximum Gasteiger partial charge on any atom is 0.256 e. The van der Waals surface area contributed by atoms with Crippen molar-refractivity contribution < 1.29 is 38.8 Å². The number of morpholine rings is 1. The number of aldehydes is 1. The number of carbonyl (C=O) groups excluding carboxylic acids is 3. The van der Waals surface area contributed by atoms with Gasteiger partial charge in [0, 0.05) is 37.8 Å². The van der Waals surface area contributed by atoms with E-state index in [0.29, 0.717) is 11.2 Å². The molecule has 0 aliphatic carbocycles. The highest BCUT2D eigenvalue weighted by Gasteiger charge is 2.49. The van der Waals surface area contributed by atoms with Gasteiger partial charge in [-0.3, -0.25) is 9.59 Å². The van der Waals surface area contributed by atoms with Crippen LogP contribution in [-0.4, -0.2) is 112 Å². The molecular formula is C31H39B4FN4O7.